The normalized spacial score (nSPS) is 15.4. The Morgan fingerprint density at radius 2 is 1.74 bits per heavy atom. The molecule has 2 aromatic rings. The highest BCUT2D eigenvalue weighted by molar-refractivity contribution is 7.99. The van der Waals surface area contributed by atoms with Crippen molar-refractivity contribution in [3.05, 3.63) is 59.2 Å². The van der Waals surface area contributed by atoms with E-state index in [0.29, 0.717) is 23.9 Å². The number of alkyl halides is 6. The number of hydrogen-bond acceptors (Lipinski definition) is 5. The molecule has 1 amide bonds. The Morgan fingerprint density at radius 1 is 1.08 bits per heavy atom. The number of benzene rings is 2. The van der Waals surface area contributed by atoms with Crippen LogP contribution in [-0.2, 0) is 26.7 Å². The topological polar surface area (TPSA) is 78.9 Å². The summed E-state index contributed by atoms with van der Waals surface area (Å²) in [6, 6.07) is 7.68. The van der Waals surface area contributed by atoms with Gasteiger partial charge in [-0.1, -0.05) is 23.9 Å². The SMILES string of the molecule is CC(CCC(=O)O)Nc1cccc(Sc2ccc(C=CC(=O)N3CCOCC3)c(C(F)(F)F)c2C(F)(F)F)c1. The lowest BCUT2D eigenvalue weighted by Crippen LogP contribution is -2.39. The number of halogens is 6. The molecule has 2 N–H and O–H groups in total. The van der Waals surface area contributed by atoms with Crippen LogP contribution in [0.15, 0.2) is 52.3 Å². The third kappa shape index (κ3) is 8.65. The number of ether oxygens (including phenoxy) is 1. The minimum atomic E-state index is -5.36. The molecule has 1 unspecified atom stereocenters. The molecule has 2 aromatic carbocycles. The maximum atomic E-state index is 14.1. The van der Waals surface area contributed by atoms with Gasteiger partial charge in [-0.2, -0.15) is 26.3 Å². The standard InChI is InChI=1S/C26H26F6N2O4S/c1-16(5-10-22(36)37)33-18-3-2-4-19(15-18)39-20-8-6-17(7-9-21(35)34-11-13-38-14-12-34)23(25(27,28)29)24(20)26(30,31)32/h2-4,6-9,15-16,33H,5,10-14H2,1H3,(H,36,37). The first-order chi connectivity index (χ1) is 18.3. The zero-order chi connectivity index (χ0) is 28.8. The van der Waals surface area contributed by atoms with Crippen LogP contribution < -0.4 is 5.32 Å². The van der Waals surface area contributed by atoms with E-state index in [1.165, 1.54) is 23.1 Å². The molecule has 1 atom stereocenters. The predicted molar refractivity (Wildman–Crippen MR) is 133 cm³/mol. The lowest BCUT2D eigenvalue weighted by molar-refractivity contribution is -0.163. The van der Waals surface area contributed by atoms with Crippen LogP contribution in [-0.4, -0.2) is 54.2 Å². The highest BCUT2D eigenvalue weighted by Crippen LogP contribution is 2.48. The van der Waals surface area contributed by atoms with Gasteiger partial charge in [-0.25, -0.2) is 0 Å². The Bertz CT molecular complexity index is 1210. The Labute approximate surface area is 225 Å². The van der Waals surface area contributed by atoms with Crippen LogP contribution >= 0.6 is 11.8 Å². The Balaban J connectivity index is 1.95. The second-order valence-electron chi connectivity index (χ2n) is 8.78. The molecule has 1 heterocycles. The smallest absolute Gasteiger partial charge is 0.418 e. The molecule has 3 rings (SSSR count). The number of carboxylic acid groups (broad SMARTS) is 1. The van der Waals surface area contributed by atoms with Gasteiger partial charge in [0.15, 0.2) is 0 Å². The molecule has 0 aliphatic carbocycles. The van der Waals surface area contributed by atoms with Crippen molar-refractivity contribution < 1.29 is 45.8 Å². The zero-order valence-electron chi connectivity index (χ0n) is 20.7. The molecule has 39 heavy (non-hydrogen) atoms. The van der Waals surface area contributed by atoms with Gasteiger partial charge in [0.2, 0.25) is 5.91 Å². The van der Waals surface area contributed by atoms with E-state index in [2.05, 4.69) is 5.32 Å². The molecule has 0 saturated carbocycles. The monoisotopic (exact) mass is 576 g/mol. The number of anilines is 1. The minimum Gasteiger partial charge on any atom is -0.481 e. The number of carbonyl (C=O) groups is 2. The fourth-order valence-corrected chi connectivity index (χ4v) is 4.98. The largest absolute Gasteiger partial charge is 0.481 e. The van der Waals surface area contributed by atoms with E-state index in [-0.39, 0.29) is 43.7 Å². The van der Waals surface area contributed by atoms with Crippen molar-refractivity contribution in [2.24, 2.45) is 0 Å². The fraction of sp³-hybridized carbons (Fsp3) is 0.385. The van der Waals surface area contributed by atoms with E-state index in [1.54, 1.807) is 13.0 Å². The van der Waals surface area contributed by atoms with Gasteiger partial charge in [-0.05, 0) is 49.2 Å². The van der Waals surface area contributed by atoms with Crippen molar-refractivity contribution >= 4 is 35.4 Å². The average molecular weight is 577 g/mol. The molecule has 1 aliphatic rings. The third-order valence-electron chi connectivity index (χ3n) is 5.76. The Kier molecular flexibility index (Phi) is 9.94. The lowest BCUT2D eigenvalue weighted by atomic mass is 9.99. The lowest BCUT2D eigenvalue weighted by Gasteiger charge is -2.25. The molecule has 212 valence electrons. The molecule has 1 fully saturated rings. The van der Waals surface area contributed by atoms with E-state index >= 15 is 0 Å². The van der Waals surface area contributed by atoms with Gasteiger partial charge in [0.25, 0.3) is 0 Å². The molecule has 1 saturated heterocycles. The Hall–Kier alpha value is -3.19. The number of amides is 1. The van der Waals surface area contributed by atoms with E-state index < -0.39 is 45.8 Å². The van der Waals surface area contributed by atoms with Crippen LogP contribution in [0.2, 0.25) is 0 Å². The number of aliphatic carboxylic acids is 1. The second kappa shape index (κ2) is 12.8. The third-order valence-corrected chi connectivity index (χ3v) is 6.81. The quantitative estimate of drug-likeness (QED) is 0.265. The van der Waals surface area contributed by atoms with E-state index in [1.807, 2.05) is 0 Å². The van der Waals surface area contributed by atoms with E-state index in [0.717, 1.165) is 24.3 Å². The van der Waals surface area contributed by atoms with Crippen LogP contribution in [0.3, 0.4) is 0 Å². The number of nitrogens with zero attached hydrogens (tertiary/aromatic N) is 1. The summed E-state index contributed by atoms with van der Waals surface area (Å²) in [7, 11) is 0. The van der Waals surface area contributed by atoms with Crippen molar-refractivity contribution in [1.82, 2.24) is 4.90 Å². The van der Waals surface area contributed by atoms with Crippen LogP contribution in [0.25, 0.3) is 6.08 Å². The zero-order valence-corrected chi connectivity index (χ0v) is 21.6. The molecular formula is C26H26F6N2O4S. The molecule has 13 heteroatoms. The van der Waals surface area contributed by atoms with Crippen molar-refractivity contribution in [1.29, 1.82) is 0 Å². The number of carboxylic acids is 1. The van der Waals surface area contributed by atoms with E-state index in [9.17, 15) is 35.9 Å². The first-order valence-electron chi connectivity index (χ1n) is 11.9. The van der Waals surface area contributed by atoms with Crippen LogP contribution in [0.4, 0.5) is 32.0 Å². The summed E-state index contributed by atoms with van der Waals surface area (Å²) in [5.41, 5.74) is -4.01. The summed E-state index contributed by atoms with van der Waals surface area (Å²) >= 11 is 0.519. The number of hydrogen-bond donors (Lipinski definition) is 2. The molecule has 6 nitrogen and oxygen atoms in total. The summed E-state index contributed by atoms with van der Waals surface area (Å²) in [4.78, 5) is 24.0. The molecule has 0 aromatic heterocycles. The fourth-order valence-electron chi connectivity index (χ4n) is 3.93. The number of rotatable bonds is 9. The number of carbonyl (C=O) groups excluding carboxylic acids is 1. The number of morpholine rings is 1. The highest BCUT2D eigenvalue weighted by Gasteiger charge is 2.46. The molecule has 0 radical (unpaired) electrons. The van der Waals surface area contributed by atoms with E-state index in [4.69, 9.17) is 9.84 Å². The summed E-state index contributed by atoms with van der Waals surface area (Å²) < 4.78 is 89.7. The summed E-state index contributed by atoms with van der Waals surface area (Å²) in [5.74, 6) is -1.60. The second-order valence-corrected chi connectivity index (χ2v) is 9.89. The first kappa shape index (κ1) is 30.4. The van der Waals surface area contributed by atoms with Gasteiger partial charge in [0.1, 0.15) is 0 Å². The molecule has 0 spiro atoms. The van der Waals surface area contributed by atoms with Gasteiger partial charge in [-0.3, -0.25) is 9.59 Å². The van der Waals surface area contributed by atoms with Gasteiger partial charge in [-0.15, -0.1) is 0 Å². The maximum Gasteiger partial charge on any atom is 0.418 e. The van der Waals surface area contributed by atoms with Crippen molar-refractivity contribution in [2.45, 2.75) is 48.0 Å². The van der Waals surface area contributed by atoms with Gasteiger partial charge >= 0.3 is 18.3 Å². The molecule has 1 aliphatic heterocycles. The number of nitrogens with one attached hydrogen (secondary N) is 1. The first-order valence-corrected chi connectivity index (χ1v) is 12.7. The minimum absolute atomic E-state index is 0.0867. The van der Waals surface area contributed by atoms with Crippen LogP contribution in [0.5, 0.6) is 0 Å². The molecular weight excluding hydrogens is 550 g/mol. The van der Waals surface area contributed by atoms with Crippen LogP contribution in [0.1, 0.15) is 36.5 Å². The van der Waals surface area contributed by atoms with Gasteiger partial charge in [0.05, 0.1) is 24.3 Å². The highest BCUT2D eigenvalue weighted by atomic mass is 32.2. The average Bonchev–Trinajstić information content (AvgIpc) is 2.85. The maximum absolute atomic E-state index is 14.1. The predicted octanol–water partition coefficient (Wildman–Crippen LogP) is 6.41. The Morgan fingerprint density at radius 3 is 2.36 bits per heavy atom. The van der Waals surface area contributed by atoms with Crippen molar-refractivity contribution in [3.63, 3.8) is 0 Å². The van der Waals surface area contributed by atoms with Gasteiger partial charge < -0.3 is 20.1 Å². The summed E-state index contributed by atoms with van der Waals surface area (Å²) in [6.45, 7) is 2.71. The van der Waals surface area contributed by atoms with Gasteiger partial charge in [0, 0.05) is 47.1 Å². The summed E-state index contributed by atoms with van der Waals surface area (Å²) in [6.07, 6.45) is -8.89. The van der Waals surface area contributed by atoms with Crippen molar-refractivity contribution in [2.75, 3.05) is 31.6 Å². The molecule has 0 bridgehead atoms. The summed E-state index contributed by atoms with van der Waals surface area (Å²) in [5, 5.41) is 11.9. The van der Waals surface area contributed by atoms with Crippen LogP contribution in [0, 0.1) is 0 Å². The van der Waals surface area contributed by atoms with Crippen molar-refractivity contribution in [3.8, 4) is 0 Å².